The van der Waals surface area contributed by atoms with Crippen LogP contribution in [0, 0.1) is 5.41 Å². The number of benzene rings is 2. The Morgan fingerprint density at radius 1 is 1.03 bits per heavy atom. The molecule has 0 spiro atoms. The number of fused-ring (bicyclic) bond motifs is 1. The molecule has 0 saturated heterocycles. The highest BCUT2D eigenvalue weighted by atomic mass is 32.1. The average Bonchev–Trinajstić information content (AvgIpc) is 3.11. The van der Waals surface area contributed by atoms with Gasteiger partial charge in [0.15, 0.2) is 22.1 Å². The highest BCUT2D eigenvalue weighted by molar-refractivity contribution is 7.07. The van der Waals surface area contributed by atoms with E-state index in [2.05, 4.69) is 13.8 Å². The summed E-state index contributed by atoms with van der Waals surface area (Å²) >= 11 is 1.36. The molecule has 0 saturated carbocycles. The maximum absolute atomic E-state index is 13.7. The number of methoxy groups -OCH3 is 2. The molecule has 2 heterocycles. The van der Waals surface area contributed by atoms with Crippen molar-refractivity contribution in [3.05, 3.63) is 90.6 Å². The standard InChI is InChI=1S/C27H26N2O4S/c1-27(2)14-18-23(19(30)15-27)24(17-10-11-20(32-3)21(13-17)33-4)29-25(31)22(34-26(29)28-18)12-16-8-6-5-7-9-16/h5-13,24H,14-15H2,1-4H3. The van der Waals surface area contributed by atoms with Gasteiger partial charge in [-0.1, -0.05) is 61.6 Å². The average molecular weight is 475 g/mol. The fourth-order valence-electron chi connectivity index (χ4n) is 4.79. The predicted molar refractivity (Wildman–Crippen MR) is 132 cm³/mol. The molecular formula is C27H26N2O4S. The third kappa shape index (κ3) is 3.80. The van der Waals surface area contributed by atoms with Crippen LogP contribution in [0.2, 0.25) is 0 Å². The molecule has 0 N–H and O–H groups in total. The lowest BCUT2D eigenvalue weighted by molar-refractivity contribution is -0.118. The third-order valence-electron chi connectivity index (χ3n) is 6.32. The first-order valence-electron chi connectivity index (χ1n) is 11.2. The largest absolute Gasteiger partial charge is 0.493 e. The maximum Gasteiger partial charge on any atom is 0.271 e. The van der Waals surface area contributed by atoms with Gasteiger partial charge in [-0.05, 0) is 41.2 Å². The number of thiazole rings is 1. The lowest BCUT2D eigenvalue weighted by atomic mass is 9.73. The highest BCUT2D eigenvalue weighted by Gasteiger charge is 2.40. The van der Waals surface area contributed by atoms with Crippen LogP contribution in [0.3, 0.4) is 0 Å². The summed E-state index contributed by atoms with van der Waals surface area (Å²) in [6, 6.07) is 14.7. The minimum atomic E-state index is -0.562. The van der Waals surface area contributed by atoms with Crippen molar-refractivity contribution >= 4 is 23.2 Å². The van der Waals surface area contributed by atoms with Gasteiger partial charge in [-0.15, -0.1) is 0 Å². The molecule has 6 nitrogen and oxygen atoms in total. The van der Waals surface area contributed by atoms with Crippen LogP contribution in [0.1, 0.15) is 43.9 Å². The number of allylic oxidation sites excluding steroid dienone is 2. The van der Waals surface area contributed by atoms with E-state index in [-0.39, 0.29) is 16.8 Å². The highest BCUT2D eigenvalue weighted by Crippen LogP contribution is 2.44. The number of hydrogen-bond acceptors (Lipinski definition) is 6. The molecule has 0 radical (unpaired) electrons. The van der Waals surface area contributed by atoms with Crippen LogP contribution in [0.5, 0.6) is 11.5 Å². The number of ether oxygens (including phenoxy) is 2. The molecule has 7 heteroatoms. The summed E-state index contributed by atoms with van der Waals surface area (Å²) < 4.78 is 13.2. The number of Topliss-reactive ketones (excluding diaryl/α,β-unsaturated/α-hetero) is 1. The van der Waals surface area contributed by atoms with Gasteiger partial charge < -0.3 is 9.47 Å². The van der Waals surface area contributed by atoms with Gasteiger partial charge in [-0.2, -0.15) is 0 Å². The van der Waals surface area contributed by atoms with E-state index in [0.29, 0.717) is 39.2 Å². The molecule has 1 aliphatic heterocycles. The molecule has 3 aromatic rings. The predicted octanol–water partition coefficient (Wildman–Crippen LogP) is 3.62. The number of aromatic nitrogens is 1. The van der Waals surface area contributed by atoms with Gasteiger partial charge in [-0.3, -0.25) is 14.2 Å². The topological polar surface area (TPSA) is 69.9 Å². The zero-order chi connectivity index (χ0) is 24.0. The molecule has 0 fully saturated rings. The van der Waals surface area contributed by atoms with Gasteiger partial charge in [0.25, 0.3) is 5.56 Å². The molecule has 1 atom stereocenters. The first kappa shape index (κ1) is 22.3. The van der Waals surface area contributed by atoms with E-state index in [9.17, 15) is 9.59 Å². The number of ketones is 1. The van der Waals surface area contributed by atoms with Gasteiger partial charge in [0.2, 0.25) is 0 Å². The second kappa shape index (κ2) is 8.40. The van der Waals surface area contributed by atoms with Gasteiger partial charge >= 0.3 is 0 Å². The van der Waals surface area contributed by atoms with Gasteiger partial charge in [0.1, 0.15) is 0 Å². The maximum atomic E-state index is 13.7. The summed E-state index contributed by atoms with van der Waals surface area (Å²) in [7, 11) is 3.16. The van der Waals surface area contributed by atoms with Crippen molar-refractivity contribution < 1.29 is 14.3 Å². The first-order chi connectivity index (χ1) is 16.3. The second-order valence-corrected chi connectivity index (χ2v) is 10.4. The summed E-state index contributed by atoms with van der Waals surface area (Å²) in [6.07, 6.45) is 2.98. The quantitative estimate of drug-likeness (QED) is 0.579. The lowest BCUT2D eigenvalue weighted by Gasteiger charge is -2.35. The Morgan fingerprint density at radius 2 is 1.76 bits per heavy atom. The smallest absolute Gasteiger partial charge is 0.271 e. The zero-order valence-electron chi connectivity index (χ0n) is 19.6. The van der Waals surface area contributed by atoms with E-state index in [1.54, 1.807) is 18.8 Å². The molecule has 0 amide bonds. The summed E-state index contributed by atoms with van der Waals surface area (Å²) in [5.41, 5.74) is 2.77. The molecule has 1 aromatic heterocycles. The first-order valence-corrected chi connectivity index (χ1v) is 12.0. The van der Waals surface area contributed by atoms with Crippen LogP contribution in [0.4, 0.5) is 0 Å². The summed E-state index contributed by atoms with van der Waals surface area (Å²) in [5.74, 6) is 1.18. The van der Waals surface area contributed by atoms with E-state index in [0.717, 1.165) is 16.8 Å². The number of hydrogen-bond donors (Lipinski definition) is 0. The summed E-state index contributed by atoms with van der Waals surface area (Å²) in [6.45, 7) is 4.17. The fraction of sp³-hybridized carbons (Fsp3) is 0.296. The minimum absolute atomic E-state index is 0.0344. The Morgan fingerprint density at radius 3 is 2.47 bits per heavy atom. The number of nitrogens with zero attached hydrogens (tertiary/aromatic N) is 2. The molecular weight excluding hydrogens is 448 g/mol. The van der Waals surface area contributed by atoms with Crippen LogP contribution in [-0.4, -0.2) is 24.6 Å². The van der Waals surface area contributed by atoms with Crippen LogP contribution < -0.4 is 24.4 Å². The minimum Gasteiger partial charge on any atom is -0.493 e. The van der Waals surface area contributed by atoms with Crippen molar-refractivity contribution in [3.63, 3.8) is 0 Å². The number of carbonyl (C=O) groups is 1. The Labute approximate surface area is 201 Å². The third-order valence-corrected chi connectivity index (χ3v) is 7.30. The molecule has 2 aliphatic rings. The van der Waals surface area contributed by atoms with Gasteiger partial charge in [0, 0.05) is 12.0 Å². The molecule has 5 rings (SSSR count). The van der Waals surface area contributed by atoms with Crippen molar-refractivity contribution in [1.29, 1.82) is 0 Å². The van der Waals surface area contributed by atoms with E-state index >= 15 is 0 Å². The van der Waals surface area contributed by atoms with Crippen LogP contribution in [0.15, 0.2) is 69.6 Å². The van der Waals surface area contributed by atoms with Crippen molar-refractivity contribution in [2.45, 2.75) is 32.7 Å². The molecule has 34 heavy (non-hydrogen) atoms. The Bertz CT molecular complexity index is 1500. The summed E-state index contributed by atoms with van der Waals surface area (Å²) in [4.78, 5) is 32.6. The summed E-state index contributed by atoms with van der Waals surface area (Å²) in [5, 5.41) is 0. The lowest BCUT2D eigenvalue weighted by Crippen LogP contribution is -2.42. The van der Waals surface area contributed by atoms with Crippen LogP contribution in [0.25, 0.3) is 6.08 Å². The van der Waals surface area contributed by atoms with Gasteiger partial charge in [-0.25, -0.2) is 4.99 Å². The fourth-order valence-corrected chi connectivity index (χ4v) is 5.81. The number of carbonyl (C=O) groups excluding carboxylic acids is 1. The Balaban J connectivity index is 1.78. The second-order valence-electron chi connectivity index (χ2n) is 9.41. The Kier molecular flexibility index (Phi) is 5.52. The number of rotatable bonds is 4. The van der Waals surface area contributed by atoms with E-state index in [4.69, 9.17) is 14.5 Å². The van der Waals surface area contributed by atoms with Crippen LogP contribution >= 0.6 is 11.3 Å². The van der Waals surface area contributed by atoms with Crippen molar-refractivity contribution in [2.24, 2.45) is 10.4 Å². The van der Waals surface area contributed by atoms with Crippen LogP contribution in [-0.2, 0) is 4.79 Å². The van der Waals surface area contributed by atoms with E-state index in [1.807, 2.05) is 54.6 Å². The van der Waals surface area contributed by atoms with Crippen molar-refractivity contribution in [1.82, 2.24) is 4.57 Å². The molecule has 1 aliphatic carbocycles. The van der Waals surface area contributed by atoms with Crippen molar-refractivity contribution in [3.8, 4) is 11.5 Å². The molecule has 1 unspecified atom stereocenters. The molecule has 174 valence electrons. The normalized spacial score (nSPS) is 19.4. The van der Waals surface area contributed by atoms with Crippen molar-refractivity contribution in [2.75, 3.05) is 14.2 Å². The zero-order valence-corrected chi connectivity index (χ0v) is 20.4. The Hall–Kier alpha value is -3.45. The van der Waals surface area contributed by atoms with E-state index < -0.39 is 6.04 Å². The van der Waals surface area contributed by atoms with Gasteiger partial charge in [0.05, 0.1) is 30.5 Å². The SMILES string of the molecule is COc1ccc(C2C3=C(CC(C)(C)CC3=O)N=c3sc(=Cc4ccccc4)c(=O)n32)cc1OC. The molecule has 0 bridgehead atoms. The monoisotopic (exact) mass is 474 g/mol. The molecule has 2 aromatic carbocycles. The van der Waals surface area contributed by atoms with E-state index in [1.165, 1.54) is 11.3 Å².